The second-order valence-electron chi connectivity index (χ2n) is 6.42. The largest absolute Gasteiger partial charge is 0.356 e. The Hall–Kier alpha value is -0.610. The van der Waals surface area contributed by atoms with Crippen molar-refractivity contribution in [2.75, 3.05) is 32.7 Å². The molecule has 2 atom stereocenters. The maximum absolute atomic E-state index is 12.0. The van der Waals surface area contributed by atoms with Crippen molar-refractivity contribution in [1.82, 2.24) is 10.2 Å². The monoisotopic (exact) mass is 269 g/mol. The molecule has 0 bridgehead atoms. The minimum atomic E-state index is -0.0287. The lowest BCUT2D eigenvalue weighted by Gasteiger charge is -2.22. The molecule has 1 fully saturated rings. The van der Waals surface area contributed by atoms with Gasteiger partial charge in [0, 0.05) is 19.6 Å². The molecule has 0 aromatic heterocycles. The zero-order chi connectivity index (χ0) is 14.3. The number of rotatable bonds is 8. The number of nitrogens with two attached hydrogens (primary N) is 1. The fourth-order valence-corrected chi connectivity index (χ4v) is 2.77. The van der Waals surface area contributed by atoms with Gasteiger partial charge in [0.1, 0.15) is 0 Å². The second-order valence-corrected chi connectivity index (χ2v) is 6.42. The number of carbonyl (C=O) groups is 1. The molecule has 1 aliphatic heterocycles. The lowest BCUT2D eigenvalue weighted by molar-refractivity contribution is -0.125. The summed E-state index contributed by atoms with van der Waals surface area (Å²) in [5, 5.41) is 3.07. The van der Waals surface area contributed by atoms with E-state index in [4.69, 9.17) is 5.73 Å². The van der Waals surface area contributed by atoms with Gasteiger partial charge in [-0.2, -0.15) is 0 Å². The smallest absolute Gasteiger partial charge is 0.224 e. The van der Waals surface area contributed by atoms with Gasteiger partial charge in [0.25, 0.3) is 0 Å². The molecule has 0 aliphatic carbocycles. The lowest BCUT2D eigenvalue weighted by atomic mass is 9.96. The number of hydrogen-bond acceptors (Lipinski definition) is 3. The predicted octanol–water partition coefficient (Wildman–Crippen LogP) is 1.46. The van der Waals surface area contributed by atoms with E-state index in [1.807, 2.05) is 0 Å². The summed E-state index contributed by atoms with van der Waals surface area (Å²) in [4.78, 5) is 14.5. The average molecular weight is 269 g/mol. The van der Waals surface area contributed by atoms with Crippen molar-refractivity contribution in [3.05, 3.63) is 0 Å². The van der Waals surface area contributed by atoms with Crippen LogP contribution in [0, 0.1) is 17.8 Å². The molecule has 0 radical (unpaired) electrons. The van der Waals surface area contributed by atoms with Gasteiger partial charge in [-0.05, 0) is 44.2 Å². The lowest BCUT2D eigenvalue weighted by Crippen LogP contribution is -2.40. The maximum Gasteiger partial charge on any atom is 0.224 e. The summed E-state index contributed by atoms with van der Waals surface area (Å²) in [7, 11) is 0. The highest BCUT2D eigenvalue weighted by Gasteiger charge is 2.19. The van der Waals surface area contributed by atoms with E-state index in [9.17, 15) is 4.79 Å². The Morgan fingerprint density at radius 3 is 2.42 bits per heavy atom. The fraction of sp³-hybridized carbons (Fsp3) is 0.933. The standard InChI is InChI=1S/C15H31N3O/c1-12(2)8-14(9-16)15(19)17-10-13(3)11-18-6-4-5-7-18/h12-14H,4-11,16H2,1-3H3,(H,17,19). The first-order chi connectivity index (χ1) is 9.02. The number of nitrogens with zero attached hydrogens (tertiary/aromatic N) is 1. The van der Waals surface area contributed by atoms with Crippen molar-refractivity contribution in [1.29, 1.82) is 0 Å². The zero-order valence-corrected chi connectivity index (χ0v) is 12.8. The van der Waals surface area contributed by atoms with Crippen molar-refractivity contribution in [2.24, 2.45) is 23.5 Å². The summed E-state index contributed by atoms with van der Waals surface area (Å²) in [5.41, 5.74) is 5.69. The summed E-state index contributed by atoms with van der Waals surface area (Å²) in [6.07, 6.45) is 3.52. The van der Waals surface area contributed by atoms with Crippen LogP contribution in [0.4, 0.5) is 0 Å². The van der Waals surface area contributed by atoms with Crippen molar-refractivity contribution in [3.63, 3.8) is 0 Å². The third-order valence-corrected chi connectivity index (χ3v) is 3.80. The molecule has 3 N–H and O–H groups in total. The van der Waals surface area contributed by atoms with Crippen molar-refractivity contribution >= 4 is 5.91 Å². The highest BCUT2D eigenvalue weighted by Crippen LogP contribution is 2.12. The quantitative estimate of drug-likeness (QED) is 0.701. The van der Waals surface area contributed by atoms with Gasteiger partial charge < -0.3 is 16.0 Å². The van der Waals surface area contributed by atoms with E-state index in [1.165, 1.54) is 25.9 Å². The molecule has 1 rings (SSSR count). The molecule has 4 heteroatoms. The zero-order valence-electron chi connectivity index (χ0n) is 12.8. The summed E-state index contributed by atoms with van der Waals surface area (Å²) < 4.78 is 0. The van der Waals surface area contributed by atoms with Crippen LogP contribution < -0.4 is 11.1 Å². The average Bonchev–Trinajstić information content (AvgIpc) is 2.85. The number of nitrogens with one attached hydrogen (secondary N) is 1. The van der Waals surface area contributed by atoms with Gasteiger partial charge in [0.2, 0.25) is 5.91 Å². The van der Waals surface area contributed by atoms with Crippen LogP contribution in [0.3, 0.4) is 0 Å². The molecule has 0 spiro atoms. The highest BCUT2D eigenvalue weighted by molar-refractivity contribution is 5.78. The van der Waals surface area contributed by atoms with E-state index in [-0.39, 0.29) is 11.8 Å². The van der Waals surface area contributed by atoms with Crippen LogP contribution in [-0.4, -0.2) is 43.5 Å². The third-order valence-electron chi connectivity index (χ3n) is 3.80. The Kier molecular flexibility index (Phi) is 7.39. The van der Waals surface area contributed by atoms with Crippen LogP contribution in [0.1, 0.15) is 40.0 Å². The van der Waals surface area contributed by atoms with Crippen LogP contribution >= 0.6 is 0 Å². The summed E-state index contributed by atoms with van der Waals surface area (Å²) in [5.74, 6) is 1.13. The normalized spacial score (nSPS) is 19.6. The minimum absolute atomic E-state index is 0.0287. The SMILES string of the molecule is CC(C)CC(CN)C(=O)NCC(C)CN1CCCC1. The van der Waals surface area contributed by atoms with Crippen LogP contribution in [0.5, 0.6) is 0 Å². The number of likely N-dealkylation sites (tertiary alicyclic amines) is 1. The van der Waals surface area contributed by atoms with E-state index in [1.54, 1.807) is 0 Å². The van der Waals surface area contributed by atoms with Crippen molar-refractivity contribution in [2.45, 2.75) is 40.0 Å². The van der Waals surface area contributed by atoms with Gasteiger partial charge in [0.15, 0.2) is 0 Å². The minimum Gasteiger partial charge on any atom is -0.356 e. The predicted molar refractivity (Wildman–Crippen MR) is 79.8 cm³/mol. The van der Waals surface area contributed by atoms with Gasteiger partial charge in [-0.25, -0.2) is 0 Å². The van der Waals surface area contributed by atoms with Crippen LogP contribution in [0.25, 0.3) is 0 Å². The first-order valence-electron chi connectivity index (χ1n) is 7.73. The first-order valence-corrected chi connectivity index (χ1v) is 7.73. The number of hydrogen-bond donors (Lipinski definition) is 2. The van der Waals surface area contributed by atoms with Crippen LogP contribution in [-0.2, 0) is 4.79 Å². The van der Waals surface area contributed by atoms with Crippen LogP contribution in [0.15, 0.2) is 0 Å². The van der Waals surface area contributed by atoms with Crippen LogP contribution in [0.2, 0.25) is 0 Å². The Labute approximate surface area is 118 Å². The molecule has 19 heavy (non-hydrogen) atoms. The number of amides is 1. The van der Waals surface area contributed by atoms with E-state index in [0.717, 1.165) is 19.5 Å². The molecule has 0 saturated carbocycles. The van der Waals surface area contributed by atoms with Gasteiger partial charge in [-0.3, -0.25) is 4.79 Å². The Balaban J connectivity index is 2.23. The topological polar surface area (TPSA) is 58.4 Å². The van der Waals surface area contributed by atoms with Crippen molar-refractivity contribution < 1.29 is 4.79 Å². The molecular weight excluding hydrogens is 238 g/mol. The molecule has 112 valence electrons. The molecule has 4 nitrogen and oxygen atoms in total. The summed E-state index contributed by atoms with van der Waals surface area (Å²) >= 11 is 0. The van der Waals surface area contributed by atoms with Gasteiger partial charge in [-0.15, -0.1) is 0 Å². The summed E-state index contributed by atoms with van der Waals surface area (Å²) in [6.45, 7) is 11.2. The van der Waals surface area contributed by atoms with E-state index < -0.39 is 0 Å². The Morgan fingerprint density at radius 1 is 1.26 bits per heavy atom. The first kappa shape index (κ1) is 16.4. The molecule has 1 amide bonds. The second kappa shape index (κ2) is 8.54. The van der Waals surface area contributed by atoms with E-state index >= 15 is 0 Å². The van der Waals surface area contributed by atoms with Crippen molar-refractivity contribution in [3.8, 4) is 0 Å². The Morgan fingerprint density at radius 2 is 1.89 bits per heavy atom. The number of carbonyl (C=O) groups excluding carboxylic acids is 1. The van der Waals surface area contributed by atoms with E-state index in [2.05, 4.69) is 31.0 Å². The Bertz CT molecular complexity index is 262. The molecule has 1 aliphatic rings. The maximum atomic E-state index is 12.0. The highest BCUT2D eigenvalue weighted by atomic mass is 16.1. The fourth-order valence-electron chi connectivity index (χ4n) is 2.77. The molecule has 1 saturated heterocycles. The molecule has 2 unspecified atom stereocenters. The van der Waals surface area contributed by atoms with Gasteiger partial charge in [0.05, 0.1) is 5.92 Å². The molecule has 0 aromatic carbocycles. The third kappa shape index (κ3) is 6.39. The summed E-state index contributed by atoms with van der Waals surface area (Å²) in [6, 6.07) is 0. The van der Waals surface area contributed by atoms with Gasteiger partial charge in [-0.1, -0.05) is 20.8 Å². The molecule has 0 aromatic rings. The molecule has 1 heterocycles. The molecular formula is C15H31N3O. The van der Waals surface area contributed by atoms with Gasteiger partial charge >= 0.3 is 0 Å². The van der Waals surface area contributed by atoms with E-state index in [0.29, 0.717) is 18.4 Å².